The summed E-state index contributed by atoms with van der Waals surface area (Å²) in [6, 6.07) is 5.15. The van der Waals surface area contributed by atoms with Crippen molar-refractivity contribution in [2.24, 2.45) is 0 Å². The molecule has 0 radical (unpaired) electrons. The molecule has 1 aromatic carbocycles. The van der Waals surface area contributed by atoms with E-state index in [1.807, 2.05) is 0 Å². The Bertz CT molecular complexity index is 328. The summed E-state index contributed by atoms with van der Waals surface area (Å²) in [5.41, 5.74) is 0.702. The summed E-state index contributed by atoms with van der Waals surface area (Å²) in [6.07, 6.45) is 0. The van der Waals surface area contributed by atoms with E-state index < -0.39 is 0 Å². The van der Waals surface area contributed by atoms with Crippen LogP contribution in [0.4, 0.5) is 5.69 Å². The third-order valence-corrected chi connectivity index (χ3v) is 2.27. The number of halogens is 2. The maximum Gasteiger partial charge on any atom is 0.170 e. The maximum absolute atomic E-state index is 5.89. The number of benzene rings is 1. The first-order chi connectivity index (χ1) is 6.13. The van der Waals surface area contributed by atoms with Crippen molar-refractivity contribution in [2.45, 2.75) is 0 Å². The molecule has 0 saturated heterocycles. The molecule has 1 rings (SSSR count). The predicted molar refractivity (Wildman–Crippen MR) is 61.7 cm³/mol. The first-order valence-corrected chi connectivity index (χ1v) is 4.73. The Morgan fingerprint density at radius 2 is 2.08 bits per heavy atom. The fourth-order valence-corrected chi connectivity index (χ4v) is 1.22. The van der Waals surface area contributed by atoms with Gasteiger partial charge in [-0.1, -0.05) is 23.2 Å². The molecular weight excluding hydrogens is 227 g/mol. The van der Waals surface area contributed by atoms with Crippen LogP contribution in [0.2, 0.25) is 10.0 Å². The molecule has 1 aromatic rings. The van der Waals surface area contributed by atoms with Crippen LogP contribution in [-0.4, -0.2) is 12.2 Å². The van der Waals surface area contributed by atoms with Crippen LogP contribution in [0.1, 0.15) is 0 Å². The van der Waals surface area contributed by atoms with Crippen LogP contribution in [0, 0.1) is 0 Å². The Morgan fingerprint density at radius 3 is 2.69 bits per heavy atom. The molecule has 0 aliphatic carbocycles. The highest BCUT2D eigenvalue weighted by atomic mass is 35.5. The molecular formula is C8H8Cl2N2S. The van der Waals surface area contributed by atoms with Gasteiger partial charge in [0.1, 0.15) is 0 Å². The van der Waals surface area contributed by atoms with E-state index in [4.69, 9.17) is 35.4 Å². The van der Waals surface area contributed by atoms with Gasteiger partial charge in [0.15, 0.2) is 5.11 Å². The van der Waals surface area contributed by atoms with Crippen molar-refractivity contribution in [3.63, 3.8) is 0 Å². The SMILES string of the molecule is CNC(=S)Nc1cc(Cl)ccc1Cl. The molecule has 70 valence electrons. The van der Waals surface area contributed by atoms with Crippen molar-refractivity contribution < 1.29 is 0 Å². The lowest BCUT2D eigenvalue weighted by Gasteiger charge is -2.08. The number of hydrogen-bond acceptors (Lipinski definition) is 1. The van der Waals surface area contributed by atoms with Crippen molar-refractivity contribution in [1.29, 1.82) is 0 Å². The molecule has 0 atom stereocenters. The van der Waals surface area contributed by atoms with Gasteiger partial charge in [-0.2, -0.15) is 0 Å². The molecule has 0 aliphatic rings. The van der Waals surface area contributed by atoms with Gasteiger partial charge in [-0.3, -0.25) is 0 Å². The maximum atomic E-state index is 5.89. The first-order valence-electron chi connectivity index (χ1n) is 3.57. The van der Waals surface area contributed by atoms with Crippen LogP contribution in [0.15, 0.2) is 18.2 Å². The third kappa shape index (κ3) is 3.03. The molecule has 0 heterocycles. The number of hydrogen-bond donors (Lipinski definition) is 2. The molecule has 0 aromatic heterocycles. The zero-order valence-corrected chi connectivity index (χ0v) is 9.22. The standard InChI is InChI=1S/C8H8Cl2N2S/c1-11-8(13)12-7-4-5(9)2-3-6(7)10/h2-4H,1H3,(H2,11,12,13). The molecule has 0 aliphatic heterocycles. The van der Waals surface area contributed by atoms with E-state index in [2.05, 4.69) is 10.6 Å². The van der Waals surface area contributed by atoms with Gasteiger partial charge in [-0.05, 0) is 30.4 Å². The second-order valence-electron chi connectivity index (χ2n) is 2.33. The van der Waals surface area contributed by atoms with Gasteiger partial charge in [0, 0.05) is 12.1 Å². The normalized spacial score (nSPS) is 9.46. The predicted octanol–water partition coefficient (Wildman–Crippen LogP) is 2.91. The van der Waals surface area contributed by atoms with E-state index in [0.717, 1.165) is 0 Å². The average molecular weight is 235 g/mol. The van der Waals surface area contributed by atoms with Crippen molar-refractivity contribution in [3.05, 3.63) is 28.2 Å². The van der Waals surface area contributed by atoms with E-state index in [1.54, 1.807) is 25.2 Å². The molecule has 13 heavy (non-hydrogen) atoms. The molecule has 0 spiro atoms. The second kappa shape index (κ2) is 4.65. The van der Waals surface area contributed by atoms with E-state index in [0.29, 0.717) is 20.8 Å². The lowest BCUT2D eigenvalue weighted by atomic mass is 10.3. The van der Waals surface area contributed by atoms with Gasteiger partial charge in [0.05, 0.1) is 10.7 Å². The smallest absolute Gasteiger partial charge is 0.170 e. The molecule has 0 amide bonds. The summed E-state index contributed by atoms with van der Waals surface area (Å²) in [4.78, 5) is 0. The fourth-order valence-electron chi connectivity index (χ4n) is 0.778. The van der Waals surface area contributed by atoms with Crippen LogP contribution < -0.4 is 10.6 Å². The highest BCUT2D eigenvalue weighted by molar-refractivity contribution is 7.80. The Hall–Kier alpha value is -0.510. The van der Waals surface area contributed by atoms with Crippen LogP contribution >= 0.6 is 35.4 Å². The summed E-state index contributed by atoms with van der Waals surface area (Å²) in [7, 11) is 1.73. The molecule has 0 bridgehead atoms. The first kappa shape index (κ1) is 10.6. The van der Waals surface area contributed by atoms with Gasteiger partial charge >= 0.3 is 0 Å². The minimum absolute atomic E-state index is 0.504. The number of thiocarbonyl (C=S) groups is 1. The van der Waals surface area contributed by atoms with Crippen LogP contribution in [-0.2, 0) is 0 Å². The largest absolute Gasteiger partial charge is 0.366 e. The zero-order valence-electron chi connectivity index (χ0n) is 6.90. The molecule has 0 unspecified atom stereocenters. The second-order valence-corrected chi connectivity index (χ2v) is 3.58. The number of nitrogens with one attached hydrogen (secondary N) is 2. The Kier molecular flexibility index (Phi) is 3.78. The molecule has 5 heteroatoms. The van der Waals surface area contributed by atoms with Gasteiger partial charge in [0.25, 0.3) is 0 Å². The van der Waals surface area contributed by atoms with Gasteiger partial charge in [-0.25, -0.2) is 0 Å². The van der Waals surface area contributed by atoms with Crippen LogP contribution in [0.3, 0.4) is 0 Å². The Labute approximate surface area is 92.2 Å². The molecule has 2 nitrogen and oxygen atoms in total. The van der Waals surface area contributed by atoms with E-state index in [9.17, 15) is 0 Å². The van der Waals surface area contributed by atoms with Gasteiger partial charge < -0.3 is 10.6 Å². The van der Waals surface area contributed by atoms with Crippen LogP contribution in [0.25, 0.3) is 0 Å². The molecule has 0 saturated carbocycles. The number of rotatable bonds is 1. The molecule has 0 fully saturated rings. The van der Waals surface area contributed by atoms with Crippen molar-refractivity contribution >= 4 is 46.2 Å². The highest BCUT2D eigenvalue weighted by Crippen LogP contribution is 2.25. The highest BCUT2D eigenvalue weighted by Gasteiger charge is 2.01. The average Bonchev–Trinajstić information content (AvgIpc) is 2.11. The minimum atomic E-state index is 0.504. The number of anilines is 1. The van der Waals surface area contributed by atoms with E-state index in [-0.39, 0.29) is 0 Å². The Morgan fingerprint density at radius 1 is 1.38 bits per heavy atom. The quantitative estimate of drug-likeness (QED) is 0.732. The Balaban J connectivity index is 2.87. The summed E-state index contributed by atoms with van der Waals surface area (Å²) >= 11 is 16.6. The zero-order chi connectivity index (χ0) is 9.84. The van der Waals surface area contributed by atoms with E-state index >= 15 is 0 Å². The monoisotopic (exact) mass is 234 g/mol. The summed E-state index contributed by atoms with van der Waals surface area (Å²) in [5.74, 6) is 0. The van der Waals surface area contributed by atoms with Crippen LogP contribution in [0.5, 0.6) is 0 Å². The minimum Gasteiger partial charge on any atom is -0.366 e. The van der Waals surface area contributed by atoms with Crippen molar-refractivity contribution in [2.75, 3.05) is 12.4 Å². The third-order valence-electron chi connectivity index (χ3n) is 1.40. The summed E-state index contributed by atoms with van der Waals surface area (Å²) in [5, 5.41) is 7.39. The summed E-state index contributed by atoms with van der Waals surface area (Å²) < 4.78 is 0. The van der Waals surface area contributed by atoms with E-state index in [1.165, 1.54) is 0 Å². The van der Waals surface area contributed by atoms with Crippen molar-refractivity contribution in [3.8, 4) is 0 Å². The summed E-state index contributed by atoms with van der Waals surface area (Å²) in [6.45, 7) is 0. The topological polar surface area (TPSA) is 24.1 Å². The van der Waals surface area contributed by atoms with Gasteiger partial charge in [-0.15, -0.1) is 0 Å². The lowest BCUT2D eigenvalue weighted by molar-refractivity contribution is 1.20. The van der Waals surface area contributed by atoms with Crippen molar-refractivity contribution in [1.82, 2.24) is 5.32 Å². The fraction of sp³-hybridized carbons (Fsp3) is 0.125. The van der Waals surface area contributed by atoms with Gasteiger partial charge in [0.2, 0.25) is 0 Å². The molecule has 2 N–H and O–H groups in total. The lowest BCUT2D eigenvalue weighted by Crippen LogP contribution is -2.24.